The number of amides is 1. The summed E-state index contributed by atoms with van der Waals surface area (Å²) in [5, 5.41) is 5.09. The van der Waals surface area contributed by atoms with Gasteiger partial charge < -0.3 is 38.2 Å². The average molecular weight is 962 g/mol. The number of ether oxygens (including phenoxy) is 6. The van der Waals surface area contributed by atoms with E-state index in [0.717, 1.165) is 32.6 Å². The minimum atomic E-state index is -3.22. The van der Waals surface area contributed by atoms with Gasteiger partial charge in [0.15, 0.2) is 0 Å². The van der Waals surface area contributed by atoms with Crippen molar-refractivity contribution in [2.75, 3.05) is 6.61 Å². The van der Waals surface area contributed by atoms with E-state index in [0.29, 0.717) is 13.2 Å². The minimum absolute atomic E-state index is 0.190. The van der Waals surface area contributed by atoms with Crippen molar-refractivity contribution < 1.29 is 37.6 Å². The molecule has 10 heteroatoms. The first kappa shape index (κ1) is 52.1. The summed E-state index contributed by atoms with van der Waals surface area (Å²) in [6.07, 6.45) is -2.64. The van der Waals surface area contributed by atoms with Gasteiger partial charge in [0.2, 0.25) is 0 Å². The van der Waals surface area contributed by atoms with Crippen molar-refractivity contribution in [3.05, 3.63) is 217 Å². The maximum Gasteiger partial charge on any atom is 0.407 e. The molecule has 70 heavy (non-hydrogen) atoms. The quantitative estimate of drug-likeness (QED) is 0.0531. The Kier molecular flexibility index (Phi) is 18.6. The lowest BCUT2D eigenvalue weighted by atomic mass is 9.89. The van der Waals surface area contributed by atoms with Gasteiger partial charge in [-0.1, -0.05) is 209 Å². The van der Waals surface area contributed by atoms with Crippen molar-refractivity contribution in [1.82, 2.24) is 5.32 Å². The number of carbonyl (C=O) groups is 1. The Morgan fingerprint density at radius 2 is 0.957 bits per heavy atom. The predicted octanol–water partition coefficient (Wildman–Crippen LogP) is 11.1. The van der Waals surface area contributed by atoms with Crippen molar-refractivity contribution in [1.29, 1.82) is 0 Å². The second-order valence-corrected chi connectivity index (χ2v) is 24.2. The summed E-state index contributed by atoms with van der Waals surface area (Å²) >= 11 is 0. The molecule has 0 unspecified atom stereocenters. The van der Waals surface area contributed by atoms with Gasteiger partial charge in [0.1, 0.15) is 30.0 Å². The molecule has 0 aliphatic carbocycles. The molecule has 1 aliphatic rings. The topological polar surface area (TPSA) is 93.7 Å². The van der Waals surface area contributed by atoms with Crippen molar-refractivity contribution in [2.45, 2.75) is 128 Å². The molecule has 1 N–H and O–H groups in total. The molecule has 7 atom stereocenters. The smallest absolute Gasteiger partial charge is 0.407 e. The fourth-order valence-corrected chi connectivity index (χ4v) is 13.9. The van der Waals surface area contributed by atoms with Crippen LogP contribution < -0.4 is 15.7 Å². The Labute approximate surface area is 417 Å². The van der Waals surface area contributed by atoms with Crippen LogP contribution in [0.15, 0.2) is 195 Å². The minimum Gasteiger partial charge on any atom is -0.444 e. The summed E-state index contributed by atoms with van der Waals surface area (Å²) in [5.74, 6) is 0. The van der Waals surface area contributed by atoms with Crippen molar-refractivity contribution in [3.8, 4) is 0 Å². The molecular weight excluding hydrogens is 891 g/mol. The van der Waals surface area contributed by atoms with Gasteiger partial charge in [-0.2, -0.15) is 0 Å². The van der Waals surface area contributed by atoms with Gasteiger partial charge in [-0.05, 0) is 64.9 Å². The van der Waals surface area contributed by atoms with Gasteiger partial charge in [0.25, 0.3) is 8.32 Å². The van der Waals surface area contributed by atoms with Crippen LogP contribution in [-0.4, -0.2) is 69.3 Å². The molecule has 368 valence electrons. The van der Waals surface area contributed by atoms with E-state index in [-0.39, 0.29) is 31.3 Å². The summed E-state index contributed by atoms with van der Waals surface area (Å²) < 4.78 is 48.9. The summed E-state index contributed by atoms with van der Waals surface area (Å²) in [7, 11) is -3.22. The highest BCUT2D eigenvalue weighted by atomic mass is 28.4. The monoisotopic (exact) mass is 961 g/mol. The third kappa shape index (κ3) is 14.2. The molecule has 6 aromatic rings. The van der Waals surface area contributed by atoms with Gasteiger partial charge in [0.05, 0.1) is 51.3 Å². The van der Waals surface area contributed by atoms with Crippen LogP contribution >= 0.6 is 0 Å². The highest BCUT2D eigenvalue weighted by Gasteiger charge is 2.54. The molecule has 0 aromatic heterocycles. The molecule has 1 amide bonds. The SMILES string of the molecule is C=C[C@@H](O[Si](c1ccccc1)(c1ccccc1)C(C)(C)C)[C@H](C[C@@H]1O[C@H](COCc2ccccc2)[C@H](OCc2ccccc2)[C@H](OCc2ccccc2)[C@H]1OCc1ccccc1)NC(=O)OC(C)(C)C. The number of alkyl carbamates (subject to hydrolysis) is 1. The van der Waals surface area contributed by atoms with Crippen LogP contribution in [0.3, 0.4) is 0 Å². The van der Waals surface area contributed by atoms with E-state index in [1.807, 2.05) is 142 Å². The molecule has 6 aromatic carbocycles. The van der Waals surface area contributed by atoms with Crippen LogP contribution in [0.25, 0.3) is 0 Å². The largest absolute Gasteiger partial charge is 0.444 e. The Bertz CT molecular complexity index is 2410. The zero-order valence-corrected chi connectivity index (χ0v) is 42.7. The van der Waals surface area contributed by atoms with E-state index in [2.05, 4.69) is 93.3 Å². The maximum absolute atomic E-state index is 14.2. The first-order valence-corrected chi connectivity index (χ1v) is 26.4. The molecule has 0 radical (unpaired) electrons. The van der Waals surface area contributed by atoms with Crippen LogP contribution in [0.4, 0.5) is 4.79 Å². The molecule has 0 spiro atoms. The number of rotatable bonds is 22. The first-order chi connectivity index (χ1) is 33.8. The fourth-order valence-electron chi connectivity index (χ4n) is 9.25. The van der Waals surface area contributed by atoms with Crippen LogP contribution in [0.1, 0.15) is 70.2 Å². The molecule has 0 saturated carbocycles. The standard InChI is InChI=1S/C60H71NO8Si/c1-8-52(69-70(60(5,6)7,49-35-23-13-24-36-49)50-37-25-14-26-38-50)51(61-58(62)68-59(2,3)4)39-53-55(64-41-46-29-17-10-18-30-46)57(66-43-48-33-21-12-22-34-48)56(65-42-47-31-19-11-20-32-47)54(67-53)44-63-40-45-27-15-9-16-28-45/h8-38,51-57H,1,39-44H2,2-7H3,(H,61,62)/t51-,52+,53-,54+,55-,56-,57+/m0/s1. The van der Waals surface area contributed by atoms with E-state index in [4.69, 9.17) is 32.8 Å². The second-order valence-electron chi connectivity index (χ2n) is 20.0. The molecule has 9 nitrogen and oxygen atoms in total. The number of benzene rings is 6. The van der Waals surface area contributed by atoms with E-state index >= 15 is 0 Å². The molecule has 1 heterocycles. The second kappa shape index (κ2) is 24.9. The number of hydrogen-bond acceptors (Lipinski definition) is 8. The molecule has 1 aliphatic heterocycles. The summed E-state index contributed by atoms with van der Waals surface area (Å²) in [6.45, 7) is 18.1. The average Bonchev–Trinajstić information content (AvgIpc) is 3.36. The third-order valence-electron chi connectivity index (χ3n) is 12.5. The lowest BCUT2D eigenvalue weighted by Crippen LogP contribution is -2.69. The van der Waals surface area contributed by atoms with Gasteiger partial charge in [-0.15, -0.1) is 6.58 Å². The summed E-state index contributed by atoms with van der Waals surface area (Å²) in [6, 6.07) is 60.5. The molecule has 7 rings (SSSR count). The molecule has 1 fully saturated rings. The maximum atomic E-state index is 14.2. The number of carbonyl (C=O) groups excluding carboxylic acids is 1. The summed E-state index contributed by atoms with van der Waals surface area (Å²) in [5.41, 5.74) is 3.25. The van der Waals surface area contributed by atoms with E-state index in [1.54, 1.807) is 6.08 Å². The molecular formula is C60H71NO8Si. The van der Waals surface area contributed by atoms with Gasteiger partial charge >= 0.3 is 6.09 Å². The third-order valence-corrected chi connectivity index (χ3v) is 17.6. The fraction of sp³-hybridized carbons (Fsp3) is 0.350. The van der Waals surface area contributed by atoms with Crippen LogP contribution in [0.5, 0.6) is 0 Å². The Morgan fingerprint density at radius 1 is 0.571 bits per heavy atom. The normalized spacial score (nSPS) is 19.4. The van der Waals surface area contributed by atoms with Gasteiger partial charge in [-0.3, -0.25) is 0 Å². The molecule has 0 bridgehead atoms. The summed E-state index contributed by atoms with van der Waals surface area (Å²) in [4.78, 5) is 14.2. The number of nitrogens with one attached hydrogen (secondary N) is 1. The van der Waals surface area contributed by atoms with Crippen molar-refractivity contribution in [3.63, 3.8) is 0 Å². The predicted molar refractivity (Wildman–Crippen MR) is 280 cm³/mol. The van der Waals surface area contributed by atoms with Crippen molar-refractivity contribution in [2.24, 2.45) is 0 Å². The Balaban J connectivity index is 1.33. The zero-order chi connectivity index (χ0) is 49.4. The number of hydrogen-bond donors (Lipinski definition) is 1. The first-order valence-electron chi connectivity index (χ1n) is 24.5. The zero-order valence-electron chi connectivity index (χ0n) is 41.7. The lowest BCUT2D eigenvalue weighted by molar-refractivity contribution is -0.274. The van der Waals surface area contributed by atoms with Crippen LogP contribution in [-0.2, 0) is 59.3 Å². The van der Waals surface area contributed by atoms with E-state index in [9.17, 15) is 4.79 Å². The Morgan fingerprint density at radius 3 is 1.36 bits per heavy atom. The highest BCUT2D eigenvalue weighted by molar-refractivity contribution is 6.99. The van der Waals surface area contributed by atoms with E-state index in [1.165, 1.54) is 0 Å². The molecule has 1 saturated heterocycles. The highest BCUT2D eigenvalue weighted by Crippen LogP contribution is 2.39. The van der Waals surface area contributed by atoms with Crippen LogP contribution in [0.2, 0.25) is 5.04 Å². The lowest BCUT2D eigenvalue weighted by Gasteiger charge is -2.48. The Hall–Kier alpha value is -5.69. The van der Waals surface area contributed by atoms with Gasteiger partial charge in [-0.25, -0.2) is 4.79 Å². The van der Waals surface area contributed by atoms with Crippen molar-refractivity contribution >= 4 is 24.8 Å². The van der Waals surface area contributed by atoms with Crippen LogP contribution in [0, 0.1) is 0 Å². The van der Waals surface area contributed by atoms with E-state index < -0.39 is 62.7 Å². The van der Waals surface area contributed by atoms with Gasteiger partial charge in [0, 0.05) is 0 Å².